The van der Waals surface area contributed by atoms with Crippen molar-refractivity contribution < 1.29 is 5.11 Å². The van der Waals surface area contributed by atoms with E-state index in [2.05, 4.69) is 60.0 Å². The Balaban J connectivity index is 1.44. The summed E-state index contributed by atoms with van der Waals surface area (Å²) in [5.41, 5.74) is 5.32. The molecule has 0 amide bonds. The van der Waals surface area contributed by atoms with Crippen LogP contribution in [0.2, 0.25) is 0 Å². The fraction of sp³-hybridized carbons (Fsp3) is 0.393. The number of hydrogen-bond acceptors (Lipinski definition) is 8. The normalized spacial score (nSPS) is 17.7. The van der Waals surface area contributed by atoms with Crippen LogP contribution in [0.15, 0.2) is 48.5 Å². The van der Waals surface area contributed by atoms with Gasteiger partial charge in [0.05, 0.1) is 21.5 Å². The number of anilines is 2. The van der Waals surface area contributed by atoms with Gasteiger partial charge in [-0.2, -0.15) is 4.98 Å². The maximum Gasteiger partial charge on any atom is 0.225 e. The lowest BCUT2D eigenvalue weighted by molar-refractivity contribution is 0.229. The quantitative estimate of drug-likeness (QED) is 0.286. The zero-order valence-corrected chi connectivity index (χ0v) is 22.0. The third-order valence-corrected chi connectivity index (χ3v) is 7.73. The summed E-state index contributed by atoms with van der Waals surface area (Å²) < 4.78 is 1.15. The molecule has 0 aliphatic heterocycles. The maximum atomic E-state index is 9.62. The number of hydrogen-bond donors (Lipinski definition) is 3. The molecule has 0 radical (unpaired) electrons. The molecular formula is C28H34N6OS. The number of rotatable bonds is 9. The van der Waals surface area contributed by atoms with Gasteiger partial charge in [0, 0.05) is 25.7 Å². The Kier molecular flexibility index (Phi) is 7.46. The molecule has 5 rings (SSSR count). The van der Waals surface area contributed by atoms with E-state index in [4.69, 9.17) is 15.0 Å². The molecule has 36 heavy (non-hydrogen) atoms. The maximum absolute atomic E-state index is 9.62. The molecule has 2 heterocycles. The van der Waals surface area contributed by atoms with Crippen LogP contribution in [0.25, 0.3) is 20.8 Å². The number of aliphatic hydroxyl groups is 1. The minimum absolute atomic E-state index is 0.241. The highest BCUT2D eigenvalue weighted by Crippen LogP contribution is 2.37. The molecule has 3 N–H and O–H groups in total. The van der Waals surface area contributed by atoms with E-state index in [9.17, 15) is 5.11 Å². The van der Waals surface area contributed by atoms with Crippen molar-refractivity contribution in [2.45, 2.75) is 45.3 Å². The van der Waals surface area contributed by atoms with Crippen molar-refractivity contribution in [3.05, 3.63) is 65.4 Å². The Morgan fingerprint density at radius 1 is 1.03 bits per heavy atom. The molecule has 2 atom stereocenters. The summed E-state index contributed by atoms with van der Waals surface area (Å²) in [7, 11) is 4.16. The minimum atomic E-state index is 0.241. The Labute approximate surface area is 216 Å². The molecule has 1 aliphatic carbocycles. The van der Waals surface area contributed by atoms with E-state index in [0.29, 0.717) is 18.4 Å². The molecule has 0 spiro atoms. The van der Waals surface area contributed by atoms with Gasteiger partial charge in [-0.1, -0.05) is 36.4 Å². The van der Waals surface area contributed by atoms with Gasteiger partial charge in [-0.3, -0.25) is 0 Å². The van der Waals surface area contributed by atoms with Crippen molar-refractivity contribution in [2.24, 2.45) is 5.92 Å². The molecule has 1 fully saturated rings. The lowest BCUT2D eigenvalue weighted by atomic mass is 10.1. The standard InChI is InChI=1S/C28H34N6OS/c1-18-25(27-32-23-9-4-5-10-24(23)36-27)26(31-22-12-11-21(14-22)17-35)33-28(30-18)29-15-19-7-6-8-20(13-19)16-34(2)3/h4-10,13,21-22,35H,11-12,14-17H2,1-3H3,(H2,29,30,31,33)/t21-,22+/m1/s1. The third-order valence-electron chi connectivity index (χ3n) is 6.68. The van der Waals surface area contributed by atoms with E-state index in [1.807, 2.05) is 25.1 Å². The first kappa shape index (κ1) is 24.6. The van der Waals surface area contributed by atoms with Crippen LogP contribution in [-0.2, 0) is 13.1 Å². The number of fused-ring (bicyclic) bond motifs is 1. The van der Waals surface area contributed by atoms with E-state index < -0.39 is 0 Å². The first-order valence-corrected chi connectivity index (χ1v) is 13.4. The van der Waals surface area contributed by atoms with Crippen LogP contribution >= 0.6 is 11.3 Å². The van der Waals surface area contributed by atoms with Crippen LogP contribution < -0.4 is 10.6 Å². The smallest absolute Gasteiger partial charge is 0.225 e. The third kappa shape index (κ3) is 5.67. The van der Waals surface area contributed by atoms with Crippen molar-refractivity contribution in [1.82, 2.24) is 19.9 Å². The molecule has 0 saturated heterocycles. The van der Waals surface area contributed by atoms with Crippen LogP contribution in [0, 0.1) is 12.8 Å². The number of aromatic nitrogens is 3. The molecule has 7 nitrogen and oxygen atoms in total. The van der Waals surface area contributed by atoms with Crippen LogP contribution in [0.3, 0.4) is 0 Å². The van der Waals surface area contributed by atoms with Gasteiger partial charge in [0.25, 0.3) is 0 Å². The van der Waals surface area contributed by atoms with Crippen molar-refractivity contribution in [1.29, 1.82) is 0 Å². The van der Waals surface area contributed by atoms with Crippen molar-refractivity contribution in [3.8, 4) is 10.6 Å². The number of aliphatic hydroxyl groups excluding tert-OH is 1. The summed E-state index contributed by atoms with van der Waals surface area (Å²) in [6.07, 6.45) is 3.00. The van der Waals surface area contributed by atoms with Gasteiger partial charge in [0.1, 0.15) is 10.8 Å². The van der Waals surface area contributed by atoms with Gasteiger partial charge in [0.15, 0.2) is 0 Å². The summed E-state index contributed by atoms with van der Waals surface area (Å²) in [5, 5.41) is 17.7. The van der Waals surface area contributed by atoms with Crippen LogP contribution in [0.4, 0.5) is 11.8 Å². The molecular weight excluding hydrogens is 468 g/mol. The number of benzene rings is 2. The molecule has 188 valence electrons. The van der Waals surface area contributed by atoms with Gasteiger partial charge >= 0.3 is 0 Å². The number of nitrogens with zero attached hydrogens (tertiary/aromatic N) is 4. The predicted molar refractivity (Wildman–Crippen MR) is 148 cm³/mol. The van der Waals surface area contributed by atoms with E-state index in [0.717, 1.165) is 58.1 Å². The number of thiazole rings is 1. The lowest BCUT2D eigenvalue weighted by Gasteiger charge is -2.18. The Bertz CT molecular complexity index is 1300. The summed E-state index contributed by atoms with van der Waals surface area (Å²) in [4.78, 5) is 16.8. The first-order chi connectivity index (χ1) is 17.5. The average Bonchev–Trinajstić information content (AvgIpc) is 3.49. The molecule has 2 aromatic carbocycles. The molecule has 4 aromatic rings. The van der Waals surface area contributed by atoms with Crippen molar-refractivity contribution >= 4 is 33.3 Å². The second kappa shape index (κ2) is 10.9. The zero-order chi connectivity index (χ0) is 25.1. The molecule has 0 unspecified atom stereocenters. The average molecular weight is 503 g/mol. The SMILES string of the molecule is Cc1nc(NCc2cccc(CN(C)C)c2)nc(N[C@H]2CC[C@@H](CO)C2)c1-c1nc2ccccc2s1. The minimum Gasteiger partial charge on any atom is -0.396 e. The molecule has 2 aromatic heterocycles. The van der Waals surface area contributed by atoms with Crippen LogP contribution in [-0.4, -0.2) is 51.7 Å². The van der Waals surface area contributed by atoms with E-state index in [-0.39, 0.29) is 12.6 Å². The molecule has 1 aliphatic rings. The second-order valence-corrected chi connectivity index (χ2v) is 11.0. The Morgan fingerprint density at radius 3 is 2.64 bits per heavy atom. The number of para-hydroxylation sites is 1. The predicted octanol–water partition coefficient (Wildman–Crippen LogP) is 5.31. The fourth-order valence-electron chi connectivity index (χ4n) is 4.94. The first-order valence-electron chi connectivity index (χ1n) is 12.6. The summed E-state index contributed by atoms with van der Waals surface area (Å²) in [6, 6.07) is 17.1. The summed E-state index contributed by atoms with van der Waals surface area (Å²) in [6.45, 7) is 3.83. The largest absolute Gasteiger partial charge is 0.396 e. The Hall–Kier alpha value is -3.07. The van der Waals surface area contributed by atoms with Crippen molar-refractivity contribution in [3.63, 3.8) is 0 Å². The highest BCUT2D eigenvalue weighted by atomic mass is 32.1. The Morgan fingerprint density at radius 2 is 1.86 bits per heavy atom. The highest BCUT2D eigenvalue weighted by Gasteiger charge is 2.26. The van der Waals surface area contributed by atoms with Gasteiger partial charge < -0.3 is 20.6 Å². The summed E-state index contributed by atoms with van der Waals surface area (Å²) >= 11 is 1.67. The van der Waals surface area contributed by atoms with Gasteiger partial charge in [-0.15, -0.1) is 11.3 Å². The van der Waals surface area contributed by atoms with Gasteiger partial charge in [-0.25, -0.2) is 9.97 Å². The monoisotopic (exact) mass is 502 g/mol. The van der Waals surface area contributed by atoms with E-state index in [1.165, 1.54) is 11.1 Å². The number of aryl methyl sites for hydroxylation is 1. The van der Waals surface area contributed by atoms with Crippen LogP contribution in [0.5, 0.6) is 0 Å². The lowest BCUT2D eigenvalue weighted by Crippen LogP contribution is -2.19. The van der Waals surface area contributed by atoms with Crippen LogP contribution in [0.1, 0.15) is 36.1 Å². The molecule has 1 saturated carbocycles. The molecule has 8 heteroatoms. The summed E-state index contributed by atoms with van der Waals surface area (Å²) in [5.74, 6) is 1.77. The molecule has 0 bridgehead atoms. The van der Waals surface area contributed by atoms with Gasteiger partial charge in [0.2, 0.25) is 5.95 Å². The zero-order valence-electron chi connectivity index (χ0n) is 21.2. The van der Waals surface area contributed by atoms with E-state index in [1.54, 1.807) is 11.3 Å². The van der Waals surface area contributed by atoms with Gasteiger partial charge in [-0.05, 0) is 69.5 Å². The van der Waals surface area contributed by atoms with Crippen molar-refractivity contribution in [2.75, 3.05) is 31.3 Å². The highest BCUT2D eigenvalue weighted by molar-refractivity contribution is 7.21. The fourth-order valence-corrected chi connectivity index (χ4v) is 6.00. The topological polar surface area (TPSA) is 86.2 Å². The second-order valence-electron chi connectivity index (χ2n) is 9.96. The van der Waals surface area contributed by atoms with E-state index >= 15 is 0 Å². The number of nitrogens with one attached hydrogen (secondary N) is 2.